The minimum Gasteiger partial charge on any atom is -0.376 e. The molecule has 2 rings (SSSR count). The van der Waals surface area contributed by atoms with Crippen LogP contribution in [0, 0.1) is 0 Å². The summed E-state index contributed by atoms with van der Waals surface area (Å²) in [5.74, 6) is 0. The van der Waals surface area contributed by atoms with Gasteiger partial charge in [-0.1, -0.05) is 54.8 Å². The van der Waals surface area contributed by atoms with Gasteiger partial charge in [0.15, 0.2) is 0 Å². The van der Waals surface area contributed by atoms with Crippen LogP contribution in [0.15, 0.2) is 59.2 Å². The average molecular weight is 339 g/mol. The van der Waals surface area contributed by atoms with Crippen molar-refractivity contribution in [2.75, 3.05) is 6.61 Å². The van der Waals surface area contributed by atoms with Crippen molar-refractivity contribution in [3.8, 4) is 0 Å². The molecule has 0 radical (unpaired) electrons. The molecule has 1 aliphatic carbocycles. The summed E-state index contributed by atoms with van der Waals surface area (Å²) in [6, 6.07) is 10.7. The Hall–Kier alpha value is -1.60. The Morgan fingerprint density at radius 3 is 2.28 bits per heavy atom. The molecule has 1 heteroatoms. The SMILES string of the molecule is CC1=CC(c2ccccc2)=CC1=C(C)CCCCCCOC(C)(C)C. The lowest BCUT2D eigenvalue weighted by atomic mass is 9.99. The lowest BCUT2D eigenvalue weighted by molar-refractivity contribution is -0.00473. The van der Waals surface area contributed by atoms with Gasteiger partial charge in [-0.05, 0) is 82.2 Å². The predicted octanol–water partition coefficient (Wildman–Crippen LogP) is 7.11. The summed E-state index contributed by atoms with van der Waals surface area (Å²) in [4.78, 5) is 0. The van der Waals surface area contributed by atoms with Crippen LogP contribution in [0.25, 0.3) is 5.57 Å². The minimum absolute atomic E-state index is 0.00383. The zero-order valence-corrected chi connectivity index (χ0v) is 16.7. The van der Waals surface area contributed by atoms with Gasteiger partial charge in [0.2, 0.25) is 0 Å². The number of unbranched alkanes of at least 4 members (excludes halogenated alkanes) is 3. The van der Waals surface area contributed by atoms with Crippen LogP contribution in [0.2, 0.25) is 0 Å². The highest BCUT2D eigenvalue weighted by atomic mass is 16.5. The Labute approximate surface area is 154 Å². The average Bonchev–Trinajstić information content (AvgIpc) is 2.95. The van der Waals surface area contributed by atoms with Gasteiger partial charge in [0, 0.05) is 6.61 Å². The van der Waals surface area contributed by atoms with E-state index in [2.05, 4.69) is 77.1 Å². The first-order valence-corrected chi connectivity index (χ1v) is 9.66. The third-order valence-corrected chi connectivity index (χ3v) is 4.64. The quantitative estimate of drug-likeness (QED) is 0.459. The highest BCUT2D eigenvalue weighted by Gasteiger charge is 2.12. The molecular weight excluding hydrogens is 304 g/mol. The van der Waals surface area contributed by atoms with Crippen LogP contribution in [0.4, 0.5) is 0 Å². The topological polar surface area (TPSA) is 9.23 Å². The summed E-state index contributed by atoms with van der Waals surface area (Å²) in [5, 5.41) is 0. The molecule has 1 aromatic rings. The molecule has 1 aliphatic rings. The molecule has 1 aromatic carbocycles. The summed E-state index contributed by atoms with van der Waals surface area (Å²) >= 11 is 0. The summed E-state index contributed by atoms with van der Waals surface area (Å²) < 4.78 is 5.78. The van der Waals surface area contributed by atoms with E-state index in [1.165, 1.54) is 60.0 Å². The van der Waals surface area contributed by atoms with Gasteiger partial charge in [-0.2, -0.15) is 0 Å². The van der Waals surface area contributed by atoms with E-state index in [-0.39, 0.29) is 5.60 Å². The van der Waals surface area contributed by atoms with Crippen molar-refractivity contribution in [1.82, 2.24) is 0 Å². The third-order valence-electron chi connectivity index (χ3n) is 4.64. The summed E-state index contributed by atoms with van der Waals surface area (Å²) in [7, 11) is 0. The molecule has 0 N–H and O–H groups in total. The van der Waals surface area contributed by atoms with Gasteiger partial charge < -0.3 is 4.74 Å². The summed E-state index contributed by atoms with van der Waals surface area (Å²) in [6.45, 7) is 11.8. The molecule has 0 aliphatic heterocycles. The molecule has 0 spiro atoms. The van der Waals surface area contributed by atoms with Crippen LogP contribution in [0.1, 0.15) is 72.3 Å². The lowest BCUT2D eigenvalue weighted by Crippen LogP contribution is -2.19. The van der Waals surface area contributed by atoms with Gasteiger partial charge in [-0.3, -0.25) is 0 Å². The molecular formula is C24H34O. The number of ether oxygens (including phenoxy) is 1. The largest absolute Gasteiger partial charge is 0.376 e. The highest BCUT2D eigenvalue weighted by molar-refractivity contribution is 5.83. The van der Waals surface area contributed by atoms with E-state index in [9.17, 15) is 0 Å². The van der Waals surface area contributed by atoms with E-state index in [1.54, 1.807) is 0 Å². The van der Waals surface area contributed by atoms with Crippen molar-refractivity contribution in [2.45, 2.75) is 72.3 Å². The van der Waals surface area contributed by atoms with Gasteiger partial charge in [0.1, 0.15) is 0 Å². The maximum Gasteiger partial charge on any atom is 0.0598 e. The number of hydrogen-bond acceptors (Lipinski definition) is 1. The van der Waals surface area contributed by atoms with Gasteiger partial charge in [-0.15, -0.1) is 0 Å². The first-order valence-electron chi connectivity index (χ1n) is 9.66. The van der Waals surface area contributed by atoms with Gasteiger partial charge >= 0.3 is 0 Å². The molecule has 0 saturated carbocycles. The molecule has 0 atom stereocenters. The standard InChI is InChI=1S/C24H34O/c1-19(13-9-6-7-12-16-25-24(3,4)5)23-18-22(17-20(23)2)21-14-10-8-11-15-21/h8,10-11,14-15,17-18H,6-7,9,12-13,16H2,1-5H3. The Balaban J connectivity index is 1.79. The number of rotatable bonds is 8. The van der Waals surface area contributed by atoms with Crippen LogP contribution in [0.3, 0.4) is 0 Å². The Bertz CT molecular complexity index is 638. The minimum atomic E-state index is -0.00383. The second-order valence-electron chi connectivity index (χ2n) is 8.11. The molecule has 0 bridgehead atoms. The van der Waals surface area contributed by atoms with E-state index < -0.39 is 0 Å². The van der Waals surface area contributed by atoms with E-state index in [0.717, 1.165) is 6.61 Å². The van der Waals surface area contributed by atoms with E-state index in [4.69, 9.17) is 4.74 Å². The fraction of sp³-hybridized carbons (Fsp3) is 0.500. The molecule has 0 saturated heterocycles. The first-order chi connectivity index (χ1) is 11.9. The lowest BCUT2D eigenvalue weighted by Gasteiger charge is -2.19. The van der Waals surface area contributed by atoms with Crippen molar-refractivity contribution >= 4 is 5.57 Å². The van der Waals surface area contributed by atoms with E-state index in [0.29, 0.717) is 0 Å². The van der Waals surface area contributed by atoms with Crippen molar-refractivity contribution in [2.24, 2.45) is 0 Å². The van der Waals surface area contributed by atoms with Crippen LogP contribution in [-0.4, -0.2) is 12.2 Å². The van der Waals surface area contributed by atoms with E-state index >= 15 is 0 Å². The number of hydrogen-bond donors (Lipinski definition) is 0. The monoisotopic (exact) mass is 338 g/mol. The van der Waals surface area contributed by atoms with Crippen LogP contribution in [-0.2, 0) is 4.74 Å². The van der Waals surface area contributed by atoms with Crippen molar-refractivity contribution < 1.29 is 4.74 Å². The van der Waals surface area contributed by atoms with Crippen molar-refractivity contribution in [1.29, 1.82) is 0 Å². The van der Waals surface area contributed by atoms with Crippen molar-refractivity contribution in [3.05, 3.63) is 64.8 Å². The predicted molar refractivity (Wildman–Crippen MR) is 110 cm³/mol. The maximum atomic E-state index is 5.78. The maximum absolute atomic E-state index is 5.78. The van der Waals surface area contributed by atoms with Gasteiger partial charge in [0.05, 0.1) is 5.60 Å². The first kappa shape index (κ1) is 19.7. The highest BCUT2D eigenvalue weighted by Crippen LogP contribution is 2.33. The number of benzene rings is 1. The zero-order valence-electron chi connectivity index (χ0n) is 16.7. The zero-order chi connectivity index (χ0) is 18.3. The fourth-order valence-electron chi connectivity index (χ4n) is 3.24. The molecule has 0 fully saturated rings. The Morgan fingerprint density at radius 2 is 1.60 bits per heavy atom. The smallest absolute Gasteiger partial charge is 0.0598 e. The number of allylic oxidation sites excluding steroid dienone is 6. The molecule has 25 heavy (non-hydrogen) atoms. The summed E-state index contributed by atoms with van der Waals surface area (Å²) in [6.07, 6.45) is 10.9. The molecule has 0 amide bonds. The second kappa shape index (κ2) is 9.20. The molecule has 136 valence electrons. The van der Waals surface area contributed by atoms with Crippen LogP contribution < -0.4 is 0 Å². The third kappa shape index (κ3) is 6.66. The summed E-state index contributed by atoms with van der Waals surface area (Å²) in [5.41, 5.74) is 7.00. The molecule has 0 aromatic heterocycles. The second-order valence-corrected chi connectivity index (χ2v) is 8.11. The molecule has 0 heterocycles. The van der Waals surface area contributed by atoms with E-state index in [1.807, 2.05) is 0 Å². The Morgan fingerprint density at radius 1 is 0.920 bits per heavy atom. The fourth-order valence-corrected chi connectivity index (χ4v) is 3.24. The van der Waals surface area contributed by atoms with Gasteiger partial charge in [0.25, 0.3) is 0 Å². The van der Waals surface area contributed by atoms with Crippen LogP contribution in [0.5, 0.6) is 0 Å². The normalized spacial score (nSPS) is 16.7. The molecule has 0 unspecified atom stereocenters. The van der Waals surface area contributed by atoms with Crippen molar-refractivity contribution in [3.63, 3.8) is 0 Å². The van der Waals surface area contributed by atoms with Crippen LogP contribution >= 0.6 is 0 Å². The van der Waals surface area contributed by atoms with Gasteiger partial charge in [-0.25, -0.2) is 0 Å². The Kier molecular flexibility index (Phi) is 7.25. The molecule has 1 nitrogen and oxygen atoms in total.